The van der Waals surface area contributed by atoms with E-state index in [0.29, 0.717) is 0 Å². The predicted octanol–water partition coefficient (Wildman–Crippen LogP) is 5.24. The molecule has 1 aromatic carbocycles. The van der Waals surface area contributed by atoms with E-state index in [1.165, 1.54) is 57.1 Å². The molecule has 0 aliphatic rings. The van der Waals surface area contributed by atoms with Gasteiger partial charge in [0.25, 0.3) is 10.1 Å². The summed E-state index contributed by atoms with van der Waals surface area (Å²) in [5.74, 6) is 11.0. The van der Waals surface area contributed by atoms with Gasteiger partial charge in [0, 0.05) is 6.42 Å². The van der Waals surface area contributed by atoms with Crippen molar-refractivity contribution in [2.45, 2.75) is 76.5 Å². The molecule has 0 heterocycles. The summed E-state index contributed by atoms with van der Waals surface area (Å²) in [7, 11) is -3.74. The van der Waals surface area contributed by atoms with Gasteiger partial charge >= 0.3 is 0 Å². The molecule has 0 fully saturated rings. The van der Waals surface area contributed by atoms with Crippen LogP contribution in [0.25, 0.3) is 0 Å². The minimum Gasteiger partial charge on any atom is -0.253 e. The van der Waals surface area contributed by atoms with Gasteiger partial charge in [-0.1, -0.05) is 81.4 Å². The van der Waals surface area contributed by atoms with E-state index in [2.05, 4.69) is 30.6 Å². The number of aryl methyl sites for hydroxylation is 1. The molecule has 1 rings (SSSR count). The monoisotopic (exact) mass is 374 g/mol. The molecule has 26 heavy (non-hydrogen) atoms. The lowest BCUT2D eigenvalue weighted by atomic mass is 10.1. The van der Waals surface area contributed by atoms with Crippen LogP contribution in [0.4, 0.5) is 0 Å². The maximum Gasteiger partial charge on any atom is 0.297 e. The SMILES string of the molecule is CCCCCCCCCCC#CC#CCOS(=O)(=O)c1ccc(C)cc1. The van der Waals surface area contributed by atoms with E-state index in [0.717, 1.165) is 18.4 Å². The average Bonchev–Trinajstić information content (AvgIpc) is 2.62. The Morgan fingerprint density at radius 3 is 2.08 bits per heavy atom. The third-order valence-corrected chi connectivity index (χ3v) is 5.27. The van der Waals surface area contributed by atoms with Gasteiger partial charge in [-0.05, 0) is 37.3 Å². The predicted molar refractivity (Wildman–Crippen MR) is 107 cm³/mol. The van der Waals surface area contributed by atoms with Crippen LogP contribution in [0.5, 0.6) is 0 Å². The second-order valence-electron chi connectivity index (χ2n) is 6.36. The fraction of sp³-hybridized carbons (Fsp3) is 0.545. The molecule has 0 aliphatic carbocycles. The van der Waals surface area contributed by atoms with E-state index in [9.17, 15) is 8.42 Å². The normalized spacial score (nSPS) is 10.5. The van der Waals surface area contributed by atoms with Crippen molar-refractivity contribution in [2.75, 3.05) is 6.61 Å². The minimum absolute atomic E-state index is 0.144. The van der Waals surface area contributed by atoms with E-state index in [1.54, 1.807) is 12.1 Å². The largest absolute Gasteiger partial charge is 0.297 e. The van der Waals surface area contributed by atoms with Gasteiger partial charge < -0.3 is 0 Å². The number of hydrogen-bond acceptors (Lipinski definition) is 3. The Bertz CT molecular complexity index is 726. The van der Waals surface area contributed by atoms with Gasteiger partial charge in [-0.3, -0.25) is 4.18 Å². The molecule has 0 bridgehead atoms. The summed E-state index contributed by atoms with van der Waals surface area (Å²) >= 11 is 0. The summed E-state index contributed by atoms with van der Waals surface area (Å²) in [4.78, 5) is 0.144. The zero-order valence-electron chi connectivity index (χ0n) is 16.0. The minimum atomic E-state index is -3.74. The maximum atomic E-state index is 11.9. The Hall–Kier alpha value is -1.75. The molecule has 0 spiro atoms. The van der Waals surface area contributed by atoms with Crippen molar-refractivity contribution in [2.24, 2.45) is 0 Å². The van der Waals surface area contributed by atoms with Gasteiger partial charge in [0.1, 0.15) is 6.61 Å². The summed E-state index contributed by atoms with van der Waals surface area (Å²) in [6.07, 6.45) is 11.1. The molecule has 0 radical (unpaired) electrons. The number of rotatable bonds is 11. The van der Waals surface area contributed by atoms with E-state index in [-0.39, 0.29) is 11.5 Å². The lowest BCUT2D eigenvalue weighted by molar-refractivity contribution is 0.363. The van der Waals surface area contributed by atoms with Crippen LogP contribution in [0.15, 0.2) is 29.2 Å². The van der Waals surface area contributed by atoms with Gasteiger partial charge in [0.2, 0.25) is 0 Å². The highest BCUT2D eigenvalue weighted by molar-refractivity contribution is 7.86. The van der Waals surface area contributed by atoms with Crippen LogP contribution in [-0.2, 0) is 14.3 Å². The molecule has 0 saturated heterocycles. The molecule has 0 atom stereocenters. The van der Waals surface area contributed by atoms with Crippen molar-refractivity contribution >= 4 is 10.1 Å². The molecule has 0 saturated carbocycles. The first-order chi connectivity index (χ1) is 12.6. The average molecular weight is 375 g/mol. The smallest absolute Gasteiger partial charge is 0.253 e. The van der Waals surface area contributed by atoms with Gasteiger partial charge in [0.15, 0.2) is 0 Å². The molecule has 4 heteroatoms. The van der Waals surface area contributed by atoms with E-state index in [4.69, 9.17) is 4.18 Å². The fourth-order valence-electron chi connectivity index (χ4n) is 2.41. The van der Waals surface area contributed by atoms with Crippen molar-refractivity contribution in [1.29, 1.82) is 0 Å². The Balaban J connectivity index is 2.15. The first-order valence-electron chi connectivity index (χ1n) is 9.48. The third-order valence-electron chi connectivity index (χ3n) is 3.99. The van der Waals surface area contributed by atoms with Crippen LogP contribution >= 0.6 is 0 Å². The second-order valence-corrected chi connectivity index (χ2v) is 7.97. The molecule has 0 N–H and O–H groups in total. The molecule has 1 aromatic rings. The Morgan fingerprint density at radius 1 is 0.846 bits per heavy atom. The quantitative estimate of drug-likeness (QED) is 0.302. The van der Waals surface area contributed by atoms with Crippen LogP contribution in [0.2, 0.25) is 0 Å². The topological polar surface area (TPSA) is 43.4 Å². The molecule has 142 valence electrons. The first-order valence-corrected chi connectivity index (χ1v) is 10.9. The summed E-state index contributed by atoms with van der Waals surface area (Å²) < 4.78 is 28.8. The van der Waals surface area contributed by atoms with E-state index < -0.39 is 10.1 Å². The third kappa shape index (κ3) is 10.3. The highest BCUT2D eigenvalue weighted by atomic mass is 32.2. The molecular formula is C22H30O3S. The van der Waals surface area contributed by atoms with E-state index >= 15 is 0 Å². The molecule has 3 nitrogen and oxygen atoms in total. The second kappa shape index (κ2) is 13.5. The lowest BCUT2D eigenvalue weighted by Gasteiger charge is -2.02. The highest BCUT2D eigenvalue weighted by Crippen LogP contribution is 2.12. The summed E-state index contributed by atoms with van der Waals surface area (Å²) in [6.45, 7) is 3.95. The standard InChI is InChI=1S/C22H30O3S/c1-3-4-5-6-7-8-9-10-11-12-13-14-15-20-25-26(23,24)22-18-16-21(2)17-19-22/h16-19H,3-11,20H2,1-2H3. The molecule has 0 unspecified atom stereocenters. The zero-order chi connectivity index (χ0) is 19.1. The van der Waals surface area contributed by atoms with Crippen LogP contribution in [0, 0.1) is 30.6 Å². The Kier molecular flexibility index (Phi) is 11.5. The van der Waals surface area contributed by atoms with Gasteiger partial charge in [-0.25, -0.2) is 0 Å². The molecular weight excluding hydrogens is 344 g/mol. The summed E-state index contributed by atoms with van der Waals surface area (Å²) in [5.41, 5.74) is 0.996. The maximum absolute atomic E-state index is 11.9. The van der Waals surface area contributed by atoms with Crippen molar-refractivity contribution in [3.63, 3.8) is 0 Å². The van der Waals surface area contributed by atoms with Crippen molar-refractivity contribution in [3.05, 3.63) is 29.8 Å². The van der Waals surface area contributed by atoms with Gasteiger partial charge in [-0.15, -0.1) is 0 Å². The van der Waals surface area contributed by atoms with Gasteiger partial charge in [-0.2, -0.15) is 8.42 Å². The number of unbranched alkanes of at least 4 members (excludes halogenated alkanes) is 8. The number of hydrogen-bond donors (Lipinski definition) is 0. The van der Waals surface area contributed by atoms with Crippen molar-refractivity contribution < 1.29 is 12.6 Å². The zero-order valence-corrected chi connectivity index (χ0v) is 16.8. The summed E-state index contributed by atoms with van der Waals surface area (Å²) in [6, 6.07) is 6.53. The van der Waals surface area contributed by atoms with Gasteiger partial charge in [0.05, 0.1) is 4.90 Å². The van der Waals surface area contributed by atoms with Crippen LogP contribution in [0.1, 0.15) is 70.3 Å². The Morgan fingerprint density at radius 2 is 1.42 bits per heavy atom. The van der Waals surface area contributed by atoms with Crippen LogP contribution in [-0.4, -0.2) is 15.0 Å². The van der Waals surface area contributed by atoms with Crippen molar-refractivity contribution in [3.8, 4) is 23.7 Å². The van der Waals surface area contributed by atoms with E-state index in [1.807, 2.05) is 6.92 Å². The molecule has 0 aliphatic heterocycles. The fourth-order valence-corrected chi connectivity index (χ4v) is 3.23. The molecule has 0 amide bonds. The Labute approximate surface area is 159 Å². The summed E-state index contributed by atoms with van der Waals surface area (Å²) in [5, 5.41) is 0. The highest BCUT2D eigenvalue weighted by Gasteiger charge is 2.13. The first kappa shape index (κ1) is 22.3. The molecule has 0 aromatic heterocycles. The van der Waals surface area contributed by atoms with Crippen molar-refractivity contribution in [1.82, 2.24) is 0 Å². The number of benzene rings is 1. The van der Waals surface area contributed by atoms with Crippen LogP contribution < -0.4 is 0 Å². The van der Waals surface area contributed by atoms with Crippen LogP contribution in [0.3, 0.4) is 0 Å². The lowest BCUT2D eigenvalue weighted by Crippen LogP contribution is -2.06.